The molecule has 5 heterocycles. The van der Waals surface area contributed by atoms with Gasteiger partial charge >= 0.3 is 0 Å². The summed E-state index contributed by atoms with van der Waals surface area (Å²) < 4.78 is 1.65. The molecule has 0 bridgehead atoms. The lowest BCUT2D eigenvalue weighted by molar-refractivity contribution is -0.113. The first-order valence-electron chi connectivity index (χ1n) is 12.6. The van der Waals surface area contributed by atoms with E-state index < -0.39 is 0 Å². The molecule has 13 heteroatoms. The number of tetrazole rings is 1. The molecular formula is C25H30N12O. The second kappa shape index (κ2) is 9.17. The van der Waals surface area contributed by atoms with Crippen LogP contribution in [0.3, 0.4) is 0 Å². The van der Waals surface area contributed by atoms with Crippen molar-refractivity contribution in [1.29, 1.82) is 0 Å². The molecular weight excluding hydrogens is 484 g/mol. The number of piperazine rings is 1. The fourth-order valence-electron chi connectivity index (χ4n) is 5.16. The zero-order valence-electron chi connectivity index (χ0n) is 22.0. The van der Waals surface area contributed by atoms with Crippen LogP contribution in [0.4, 0.5) is 17.5 Å². The highest BCUT2D eigenvalue weighted by atomic mass is 16.1. The Morgan fingerprint density at radius 3 is 2.79 bits per heavy atom. The first kappa shape index (κ1) is 24.0. The molecule has 2 aliphatic rings. The normalized spacial score (nSPS) is 20.2. The van der Waals surface area contributed by atoms with E-state index in [0.717, 1.165) is 47.7 Å². The van der Waals surface area contributed by atoms with Gasteiger partial charge in [-0.1, -0.05) is 5.10 Å². The lowest BCUT2D eigenvalue weighted by Crippen LogP contribution is -2.50. The van der Waals surface area contributed by atoms with Gasteiger partial charge in [0, 0.05) is 55.6 Å². The first-order chi connectivity index (χ1) is 18.3. The van der Waals surface area contributed by atoms with E-state index in [1.54, 1.807) is 11.0 Å². The first-order valence-corrected chi connectivity index (χ1v) is 12.6. The molecule has 1 aromatic carbocycles. The molecule has 13 nitrogen and oxygen atoms in total. The summed E-state index contributed by atoms with van der Waals surface area (Å²) in [5, 5.41) is 23.4. The fourth-order valence-corrected chi connectivity index (χ4v) is 5.16. The van der Waals surface area contributed by atoms with Gasteiger partial charge in [0.1, 0.15) is 17.8 Å². The lowest BCUT2D eigenvalue weighted by Gasteiger charge is -2.38. The van der Waals surface area contributed by atoms with E-state index in [1.807, 2.05) is 50.1 Å². The summed E-state index contributed by atoms with van der Waals surface area (Å²) in [5.74, 6) is 1.28. The van der Waals surface area contributed by atoms with Crippen LogP contribution in [0.5, 0.6) is 0 Å². The molecule has 196 valence electrons. The van der Waals surface area contributed by atoms with Crippen LogP contribution >= 0.6 is 0 Å². The quantitative estimate of drug-likeness (QED) is 0.416. The molecule has 0 spiro atoms. The van der Waals surface area contributed by atoms with Crippen LogP contribution in [-0.4, -0.2) is 91.0 Å². The van der Waals surface area contributed by atoms with Gasteiger partial charge < -0.3 is 20.0 Å². The van der Waals surface area contributed by atoms with E-state index >= 15 is 0 Å². The van der Waals surface area contributed by atoms with Crippen LogP contribution in [0, 0.1) is 0 Å². The topological polar surface area (TPSA) is 137 Å². The van der Waals surface area contributed by atoms with E-state index in [-0.39, 0.29) is 11.9 Å². The van der Waals surface area contributed by atoms with Crippen molar-refractivity contribution in [2.45, 2.75) is 32.9 Å². The van der Waals surface area contributed by atoms with E-state index in [9.17, 15) is 4.79 Å². The van der Waals surface area contributed by atoms with Crippen molar-refractivity contribution in [3.63, 3.8) is 0 Å². The number of rotatable bonds is 4. The third-order valence-electron chi connectivity index (χ3n) is 7.70. The molecule has 2 N–H and O–H groups in total. The van der Waals surface area contributed by atoms with Crippen LogP contribution in [0.15, 0.2) is 41.9 Å². The number of nitrogens with zero attached hydrogens (tertiary/aromatic N) is 10. The largest absolute Gasteiger partial charge is 0.354 e. The Bertz CT molecular complexity index is 1550. The summed E-state index contributed by atoms with van der Waals surface area (Å²) in [6.07, 6.45) is 1.59. The summed E-state index contributed by atoms with van der Waals surface area (Å²) >= 11 is 0. The summed E-state index contributed by atoms with van der Waals surface area (Å²) in [6.45, 7) is 8.82. The number of aromatic amines is 1. The van der Waals surface area contributed by atoms with Gasteiger partial charge in [-0.3, -0.25) is 9.89 Å². The Balaban J connectivity index is 1.28. The van der Waals surface area contributed by atoms with Gasteiger partial charge in [-0.25, -0.2) is 14.6 Å². The van der Waals surface area contributed by atoms with Gasteiger partial charge in [0.2, 0.25) is 5.95 Å². The Morgan fingerprint density at radius 1 is 1.13 bits per heavy atom. The molecule has 0 saturated carbocycles. The van der Waals surface area contributed by atoms with E-state index in [1.165, 1.54) is 0 Å². The maximum Gasteiger partial charge on any atom is 0.255 e. The molecule has 6 rings (SSSR count). The Labute approximate surface area is 219 Å². The predicted molar refractivity (Wildman–Crippen MR) is 144 cm³/mol. The second-order valence-electron chi connectivity index (χ2n) is 9.98. The molecule has 1 saturated heterocycles. The van der Waals surface area contributed by atoms with E-state index in [2.05, 4.69) is 64.8 Å². The average Bonchev–Trinajstić information content (AvgIpc) is 3.57. The summed E-state index contributed by atoms with van der Waals surface area (Å²) in [7, 11) is 3.99. The van der Waals surface area contributed by atoms with Gasteiger partial charge in [-0.05, 0) is 56.4 Å². The number of carbonyl (C=O) groups is 1. The predicted octanol–water partition coefficient (Wildman–Crippen LogP) is 2.07. The third kappa shape index (κ3) is 3.95. The number of benzene rings is 1. The molecule has 1 fully saturated rings. The number of likely N-dealkylation sites (N-methyl/N-ethyl adjacent to an activating group) is 1. The molecule has 0 unspecified atom stereocenters. The number of H-pyrrole nitrogens is 1. The van der Waals surface area contributed by atoms with Crippen LogP contribution in [0.2, 0.25) is 0 Å². The third-order valence-corrected chi connectivity index (χ3v) is 7.70. The van der Waals surface area contributed by atoms with Gasteiger partial charge in [0.15, 0.2) is 0 Å². The lowest BCUT2D eigenvalue weighted by atomic mass is 10.0. The molecule has 0 aliphatic carbocycles. The number of amides is 1. The molecule has 38 heavy (non-hydrogen) atoms. The number of carbonyl (C=O) groups excluding carboxylic acids is 1. The van der Waals surface area contributed by atoms with Gasteiger partial charge in [-0.2, -0.15) is 5.10 Å². The highest BCUT2D eigenvalue weighted by Gasteiger charge is 2.32. The second-order valence-corrected chi connectivity index (χ2v) is 9.98. The Hall–Kier alpha value is -4.39. The molecule has 4 aromatic rings. The minimum Gasteiger partial charge on any atom is -0.354 e. The van der Waals surface area contributed by atoms with Crippen LogP contribution in [0.25, 0.3) is 22.3 Å². The van der Waals surface area contributed by atoms with Crippen LogP contribution in [0.1, 0.15) is 26.8 Å². The number of hydrogen-bond acceptors (Lipinski definition) is 10. The highest BCUT2D eigenvalue weighted by molar-refractivity contribution is 6.07. The van der Waals surface area contributed by atoms with Crippen LogP contribution < -0.4 is 15.1 Å². The Kier molecular flexibility index (Phi) is 5.79. The number of nitrogens with one attached hydrogen (secondary N) is 2. The minimum atomic E-state index is -0.304. The van der Waals surface area contributed by atoms with Crippen molar-refractivity contribution in [3.05, 3.63) is 41.9 Å². The molecule has 2 atom stereocenters. The number of aromatic nitrogens is 8. The zero-order chi connectivity index (χ0) is 26.6. The monoisotopic (exact) mass is 514 g/mol. The van der Waals surface area contributed by atoms with Crippen molar-refractivity contribution in [2.75, 3.05) is 48.8 Å². The van der Waals surface area contributed by atoms with Crippen molar-refractivity contribution in [3.8, 4) is 11.4 Å². The van der Waals surface area contributed by atoms with Crippen molar-refractivity contribution in [2.24, 2.45) is 0 Å². The van der Waals surface area contributed by atoms with Crippen LogP contribution in [-0.2, 0) is 4.79 Å². The van der Waals surface area contributed by atoms with Gasteiger partial charge in [0.25, 0.3) is 5.91 Å². The fraction of sp³-hybridized carbons (Fsp3) is 0.400. The van der Waals surface area contributed by atoms with Gasteiger partial charge in [0.05, 0.1) is 22.8 Å². The highest BCUT2D eigenvalue weighted by Crippen LogP contribution is 2.33. The molecule has 2 aliphatic heterocycles. The van der Waals surface area contributed by atoms with E-state index in [0.29, 0.717) is 28.9 Å². The van der Waals surface area contributed by atoms with E-state index in [4.69, 9.17) is 0 Å². The summed E-state index contributed by atoms with van der Waals surface area (Å²) in [6, 6.07) is 7.80. The summed E-state index contributed by atoms with van der Waals surface area (Å²) in [4.78, 5) is 28.9. The SMILES string of the molecule is CC1=C(C(=O)Nc2ccc3[nH]nc(-c4cc(N5CCN(C)[C@@H](C)C5)ncn4)c3c2)[C@@H](C)n2nnnc2N1C. The van der Waals surface area contributed by atoms with Crippen molar-refractivity contribution >= 4 is 34.3 Å². The minimum absolute atomic E-state index is 0.207. The number of hydrogen-bond donors (Lipinski definition) is 2. The number of allylic oxidation sites excluding steroid dienone is 1. The maximum absolute atomic E-state index is 13.4. The smallest absolute Gasteiger partial charge is 0.255 e. The number of fused-ring (bicyclic) bond motifs is 2. The molecule has 1 amide bonds. The zero-order valence-corrected chi connectivity index (χ0v) is 22.0. The van der Waals surface area contributed by atoms with Crippen molar-refractivity contribution in [1.82, 2.24) is 45.3 Å². The van der Waals surface area contributed by atoms with Gasteiger partial charge in [-0.15, -0.1) is 0 Å². The number of anilines is 3. The Morgan fingerprint density at radius 2 is 1.97 bits per heavy atom. The van der Waals surface area contributed by atoms with Crippen molar-refractivity contribution < 1.29 is 4.79 Å². The maximum atomic E-state index is 13.4. The standard InChI is InChI=1S/C25H30N12O/c1-14-12-36(9-8-34(14)4)21-11-20(26-13-27-21)23-18-10-17(6-7-19(18)29-30-23)28-24(38)22-15(2)35(5)25-31-32-33-37(25)16(22)3/h6-7,10-11,13-14,16H,8-9,12H2,1-5H3,(H,28,38)(H,29,30)/t14-,16+/m0/s1. The summed E-state index contributed by atoms with van der Waals surface area (Å²) in [5.41, 5.74) is 4.34. The average molecular weight is 515 g/mol. The molecule has 3 aromatic heterocycles. The molecule has 0 radical (unpaired) electrons.